The van der Waals surface area contributed by atoms with Crippen LogP contribution in [0.2, 0.25) is 0 Å². The summed E-state index contributed by atoms with van der Waals surface area (Å²) in [4.78, 5) is 12.5. The van der Waals surface area contributed by atoms with Crippen molar-refractivity contribution >= 4 is 11.6 Å². The number of rotatable bonds is 4. The van der Waals surface area contributed by atoms with Crippen molar-refractivity contribution in [3.05, 3.63) is 77.6 Å². The predicted octanol–water partition coefficient (Wildman–Crippen LogP) is 5.27. The minimum atomic E-state index is -4.74. The van der Waals surface area contributed by atoms with Gasteiger partial charge in [-0.25, -0.2) is 4.68 Å². The van der Waals surface area contributed by atoms with Crippen molar-refractivity contribution in [2.24, 2.45) is 0 Å². The Kier molecular flexibility index (Phi) is 5.03. The lowest BCUT2D eigenvalue weighted by atomic mass is 10.0. The van der Waals surface area contributed by atoms with Crippen molar-refractivity contribution in [1.29, 1.82) is 0 Å². The van der Waals surface area contributed by atoms with Gasteiger partial charge in [0, 0.05) is 5.69 Å². The van der Waals surface area contributed by atoms with Crippen LogP contribution in [0.4, 0.5) is 18.9 Å². The molecule has 0 atom stereocenters. The highest BCUT2D eigenvalue weighted by Gasteiger charge is 2.40. The van der Waals surface area contributed by atoms with Gasteiger partial charge in [-0.15, -0.1) is 0 Å². The highest BCUT2D eigenvalue weighted by atomic mass is 19.4. The van der Waals surface area contributed by atoms with Gasteiger partial charge in [0.1, 0.15) is 0 Å². The van der Waals surface area contributed by atoms with E-state index >= 15 is 0 Å². The summed E-state index contributed by atoms with van der Waals surface area (Å²) >= 11 is 0. The SMILES string of the molecule is CC(C)c1ccc(NC(=O)c2cnn(-c3ccccc3)c2C(F)(F)F)cc1. The second kappa shape index (κ2) is 7.26. The summed E-state index contributed by atoms with van der Waals surface area (Å²) < 4.78 is 41.6. The molecule has 0 aliphatic heterocycles. The van der Waals surface area contributed by atoms with Crippen molar-refractivity contribution in [3.8, 4) is 5.69 Å². The first-order chi connectivity index (χ1) is 12.8. The topological polar surface area (TPSA) is 46.9 Å². The first kappa shape index (κ1) is 18.7. The summed E-state index contributed by atoms with van der Waals surface area (Å²) in [5.41, 5.74) is 0.0836. The number of anilines is 1. The van der Waals surface area contributed by atoms with Gasteiger partial charge in [-0.2, -0.15) is 18.3 Å². The fourth-order valence-corrected chi connectivity index (χ4v) is 2.70. The zero-order valence-electron chi connectivity index (χ0n) is 14.8. The maximum atomic E-state index is 13.6. The molecule has 3 rings (SSSR count). The molecule has 27 heavy (non-hydrogen) atoms. The fourth-order valence-electron chi connectivity index (χ4n) is 2.70. The smallest absolute Gasteiger partial charge is 0.322 e. The van der Waals surface area contributed by atoms with Gasteiger partial charge in [0.05, 0.1) is 17.4 Å². The third-order valence-corrected chi connectivity index (χ3v) is 4.12. The van der Waals surface area contributed by atoms with Gasteiger partial charge in [-0.1, -0.05) is 44.2 Å². The quantitative estimate of drug-likeness (QED) is 0.677. The Morgan fingerprint density at radius 1 is 1.04 bits per heavy atom. The molecule has 2 aromatic carbocycles. The maximum Gasteiger partial charge on any atom is 0.434 e. The van der Waals surface area contributed by atoms with E-state index in [1.54, 1.807) is 30.3 Å². The molecule has 0 saturated heterocycles. The third-order valence-electron chi connectivity index (χ3n) is 4.12. The lowest BCUT2D eigenvalue weighted by molar-refractivity contribution is -0.143. The molecular formula is C20H18F3N3O. The Hall–Kier alpha value is -3.09. The monoisotopic (exact) mass is 373 g/mol. The molecule has 140 valence electrons. The van der Waals surface area contributed by atoms with E-state index in [4.69, 9.17) is 0 Å². The Balaban J connectivity index is 1.94. The van der Waals surface area contributed by atoms with Crippen LogP contribution in [0.5, 0.6) is 0 Å². The van der Waals surface area contributed by atoms with Gasteiger partial charge in [-0.3, -0.25) is 4.79 Å². The first-order valence-electron chi connectivity index (χ1n) is 8.39. The van der Waals surface area contributed by atoms with E-state index in [1.165, 1.54) is 12.1 Å². The second-order valence-corrected chi connectivity index (χ2v) is 6.38. The number of hydrogen-bond donors (Lipinski definition) is 1. The Labute approximate surface area is 154 Å². The summed E-state index contributed by atoms with van der Waals surface area (Å²) in [6.07, 6.45) is -3.80. The van der Waals surface area contributed by atoms with Gasteiger partial charge in [-0.05, 0) is 35.7 Å². The summed E-state index contributed by atoms with van der Waals surface area (Å²) in [6.45, 7) is 4.06. The van der Waals surface area contributed by atoms with E-state index in [0.717, 1.165) is 16.4 Å². The van der Waals surface area contributed by atoms with Crippen LogP contribution in [0.15, 0.2) is 60.8 Å². The Morgan fingerprint density at radius 2 is 1.67 bits per heavy atom. The van der Waals surface area contributed by atoms with Crippen molar-refractivity contribution < 1.29 is 18.0 Å². The van der Waals surface area contributed by atoms with Crippen LogP contribution in [0.25, 0.3) is 5.69 Å². The van der Waals surface area contributed by atoms with E-state index in [1.807, 2.05) is 26.0 Å². The second-order valence-electron chi connectivity index (χ2n) is 6.38. The van der Waals surface area contributed by atoms with Crippen LogP contribution in [0, 0.1) is 0 Å². The highest BCUT2D eigenvalue weighted by Crippen LogP contribution is 2.34. The molecule has 1 heterocycles. The normalized spacial score (nSPS) is 11.6. The molecule has 0 saturated carbocycles. The number of para-hydroxylation sites is 1. The molecule has 1 amide bonds. The van der Waals surface area contributed by atoms with E-state index in [-0.39, 0.29) is 5.69 Å². The molecular weight excluding hydrogens is 355 g/mol. The zero-order valence-corrected chi connectivity index (χ0v) is 14.8. The molecule has 0 spiro atoms. The largest absolute Gasteiger partial charge is 0.434 e. The first-order valence-corrected chi connectivity index (χ1v) is 8.39. The van der Waals surface area contributed by atoms with Crippen LogP contribution in [-0.4, -0.2) is 15.7 Å². The van der Waals surface area contributed by atoms with Crippen molar-refractivity contribution in [2.75, 3.05) is 5.32 Å². The zero-order chi connectivity index (χ0) is 19.6. The standard InChI is InChI=1S/C20H18F3N3O/c1-13(2)14-8-10-15(11-9-14)25-19(27)17-12-24-26(18(17)20(21,22)23)16-6-4-3-5-7-16/h3-13H,1-2H3,(H,25,27). The molecule has 1 N–H and O–H groups in total. The highest BCUT2D eigenvalue weighted by molar-refractivity contribution is 6.05. The number of carbonyl (C=O) groups is 1. The maximum absolute atomic E-state index is 13.6. The lowest BCUT2D eigenvalue weighted by Gasteiger charge is -2.13. The van der Waals surface area contributed by atoms with Gasteiger partial charge < -0.3 is 5.32 Å². The van der Waals surface area contributed by atoms with Crippen LogP contribution in [-0.2, 0) is 6.18 Å². The summed E-state index contributed by atoms with van der Waals surface area (Å²) in [6, 6.07) is 14.9. The van der Waals surface area contributed by atoms with Crippen molar-refractivity contribution in [3.63, 3.8) is 0 Å². The van der Waals surface area contributed by atoms with Gasteiger partial charge in [0.2, 0.25) is 0 Å². The number of benzene rings is 2. The third kappa shape index (κ3) is 4.02. The number of halogens is 3. The van der Waals surface area contributed by atoms with E-state index < -0.39 is 23.3 Å². The summed E-state index contributed by atoms with van der Waals surface area (Å²) in [5.74, 6) is -0.544. The number of amides is 1. The van der Waals surface area contributed by atoms with Gasteiger partial charge >= 0.3 is 6.18 Å². The fraction of sp³-hybridized carbons (Fsp3) is 0.200. The minimum Gasteiger partial charge on any atom is -0.322 e. The van der Waals surface area contributed by atoms with Crippen LogP contribution >= 0.6 is 0 Å². The summed E-state index contributed by atoms with van der Waals surface area (Å²) in [7, 11) is 0. The number of nitrogens with one attached hydrogen (secondary N) is 1. The molecule has 3 aromatic rings. The Morgan fingerprint density at radius 3 is 2.22 bits per heavy atom. The van der Waals surface area contributed by atoms with E-state index in [9.17, 15) is 18.0 Å². The molecule has 0 unspecified atom stereocenters. The molecule has 0 radical (unpaired) electrons. The number of carbonyl (C=O) groups excluding carboxylic acids is 1. The van der Waals surface area contributed by atoms with Crippen molar-refractivity contribution in [1.82, 2.24) is 9.78 Å². The average molecular weight is 373 g/mol. The number of alkyl halides is 3. The molecule has 1 aromatic heterocycles. The number of aromatic nitrogens is 2. The number of hydrogen-bond acceptors (Lipinski definition) is 2. The summed E-state index contributed by atoms with van der Waals surface area (Å²) in [5, 5.41) is 6.30. The molecule has 0 aliphatic rings. The number of nitrogens with zero attached hydrogens (tertiary/aromatic N) is 2. The van der Waals surface area contributed by atoms with Gasteiger partial charge in [0.25, 0.3) is 5.91 Å². The van der Waals surface area contributed by atoms with Gasteiger partial charge in [0.15, 0.2) is 5.69 Å². The average Bonchev–Trinajstić information content (AvgIpc) is 3.08. The molecule has 0 bridgehead atoms. The molecule has 0 aliphatic carbocycles. The van der Waals surface area contributed by atoms with Crippen molar-refractivity contribution in [2.45, 2.75) is 25.9 Å². The minimum absolute atomic E-state index is 0.227. The predicted molar refractivity (Wildman–Crippen MR) is 97.1 cm³/mol. The van der Waals surface area contributed by atoms with Crippen LogP contribution in [0.1, 0.15) is 41.4 Å². The molecule has 4 nitrogen and oxygen atoms in total. The van der Waals surface area contributed by atoms with E-state index in [0.29, 0.717) is 11.6 Å². The molecule has 7 heteroatoms. The van der Waals surface area contributed by atoms with E-state index in [2.05, 4.69) is 10.4 Å². The van der Waals surface area contributed by atoms with Crippen LogP contribution < -0.4 is 5.32 Å². The Bertz CT molecular complexity index is 929. The van der Waals surface area contributed by atoms with Crippen LogP contribution in [0.3, 0.4) is 0 Å². The molecule has 0 fully saturated rings. The lowest BCUT2D eigenvalue weighted by Crippen LogP contribution is -2.20.